The molecule has 3 rings (SSSR count). The van der Waals surface area contributed by atoms with Gasteiger partial charge in [-0.05, 0) is 19.2 Å². The van der Waals surface area contributed by atoms with Crippen molar-refractivity contribution >= 4 is 17.6 Å². The summed E-state index contributed by atoms with van der Waals surface area (Å²) in [5, 5.41) is 14.7. The molecule has 0 aliphatic carbocycles. The van der Waals surface area contributed by atoms with Crippen LogP contribution in [0.2, 0.25) is 0 Å². The van der Waals surface area contributed by atoms with Crippen LogP contribution >= 0.6 is 0 Å². The van der Waals surface area contributed by atoms with E-state index in [9.17, 15) is 19.1 Å². The van der Waals surface area contributed by atoms with Crippen molar-refractivity contribution in [3.8, 4) is 0 Å². The molecule has 3 atom stereocenters. The van der Waals surface area contributed by atoms with Crippen molar-refractivity contribution in [2.45, 2.75) is 24.7 Å². The van der Waals surface area contributed by atoms with Crippen molar-refractivity contribution in [1.29, 1.82) is 0 Å². The Morgan fingerprint density at radius 3 is 2.62 bits per heavy atom. The van der Waals surface area contributed by atoms with Gasteiger partial charge in [-0.2, -0.15) is 0 Å². The number of ether oxygens (including phenoxy) is 1. The van der Waals surface area contributed by atoms with Crippen LogP contribution in [0.4, 0.5) is 14.9 Å². The van der Waals surface area contributed by atoms with E-state index in [2.05, 4.69) is 15.5 Å². The summed E-state index contributed by atoms with van der Waals surface area (Å²) in [7, 11) is 2.02. The number of piperazine rings is 1. The number of aliphatic hydroxyl groups is 1. The third kappa shape index (κ3) is 5.75. The van der Waals surface area contributed by atoms with E-state index in [1.54, 1.807) is 18.2 Å². The number of nitrogens with zero attached hydrogens (tertiary/aromatic N) is 2. The average molecular weight is 406 g/mol. The maximum Gasteiger partial charge on any atom is 0.319 e. The molecule has 3 N–H and O–H groups in total. The maximum absolute atomic E-state index is 13.7. The van der Waals surface area contributed by atoms with E-state index in [0.717, 1.165) is 13.1 Å². The number of carbonyl (C=O) groups is 2. The molecule has 0 saturated carbocycles. The minimum Gasteiger partial charge on any atom is -0.394 e. The van der Waals surface area contributed by atoms with Gasteiger partial charge in [-0.1, -0.05) is 24.3 Å². The fourth-order valence-electron chi connectivity index (χ4n) is 3.37. The number of hydrogen-bond donors (Lipinski definition) is 3. The first-order valence-electron chi connectivity index (χ1n) is 9.69. The number of likely N-dealkylation sites (N-methyl/N-ethyl adjacent to an activating group) is 1. The molecule has 1 saturated heterocycles. The van der Waals surface area contributed by atoms with E-state index in [-0.39, 0.29) is 24.6 Å². The Morgan fingerprint density at radius 1 is 1.21 bits per heavy atom. The highest BCUT2D eigenvalue weighted by molar-refractivity contribution is 5.89. The maximum atomic E-state index is 13.7. The van der Waals surface area contributed by atoms with Crippen LogP contribution < -0.4 is 10.6 Å². The quantitative estimate of drug-likeness (QED) is 0.629. The Balaban J connectivity index is 1.53. The van der Waals surface area contributed by atoms with Crippen LogP contribution in [0.15, 0.2) is 36.4 Å². The lowest BCUT2D eigenvalue weighted by molar-refractivity contribution is -0.137. The van der Waals surface area contributed by atoms with Crippen LogP contribution in [-0.4, -0.2) is 84.9 Å². The molecule has 1 fully saturated rings. The zero-order valence-electron chi connectivity index (χ0n) is 16.4. The van der Waals surface area contributed by atoms with Gasteiger partial charge < -0.3 is 30.3 Å². The first-order valence-corrected chi connectivity index (χ1v) is 9.69. The lowest BCUT2D eigenvalue weighted by atomic mass is 10.0. The molecule has 158 valence electrons. The molecule has 2 aliphatic rings. The predicted octanol–water partition coefficient (Wildman–Crippen LogP) is 0.796. The van der Waals surface area contributed by atoms with E-state index < -0.39 is 30.1 Å². The van der Waals surface area contributed by atoms with E-state index in [0.29, 0.717) is 13.1 Å². The zero-order valence-corrected chi connectivity index (χ0v) is 16.4. The number of nitrogens with one attached hydrogen (secondary N) is 2. The zero-order chi connectivity index (χ0) is 20.8. The molecular formula is C20H27FN4O4. The molecule has 1 aromatic rings. The summed E-state index contributed by atoms with van der Waals surface area (Å²) < 4.78 is 19.5. The topological polar surface area (TPSA) is 94.1 Å². The Kier molecular flexibility index (Phi) is 7.18. The third-order valence-corrected chi connectivity index (χ3v) is 5.11. The largest absolute Gasteiger partial charge is 0.394 e. The monoisotopic (exact) mass is 406 g/mol. The number of halogens is 1. The Bertz CT molecular complexity index is 752. The molecule has 0 radical (unpaired) electrons. The second kappa shape index (κ2) is 9.82. The second-order valence-corrected chi connectivity index (χ2v) is 7.27. The number of hydrogen-bond acceptors (Lipinski definition) is 5. The molecule has 0 spiro atoms. The van der Waals surface area contributed by atoms with Gasteiger partial charge in [0.25, 0.3) is 0 Å². The van der Waals surface area contributed by atoms with Gasteiger partial charge in [0.1, 0.15) is 11.9 Å². The van der Waals surface area contributed by atoms with Crippen molar-refractivity contribution < 1.29 is 23.8 Å². The number of benzene rings is 1. The summed E-state index contributed by atoms with van der Waals surface area (Å²) in [6, 6.07) is 4.63. The van der Waals surface area contributed by atoms with Crippen molar-refractivity contribution in [2.24, 2.45) is 0 Å². The Labute approximate surface area is 169 Å². The van der Waals surface area contributed by atoms with Gasteiger partial charge in [0.15, 0.2) is 0 Å². The fraction of sp³-hybridized carbons (Fsp3) is 0.500. The number of para-hydroxylation sites is 1. The van der Waals surface area contributed by atoms with Gasteiger partial charge in [0, 0.05) is 26.2 Å². The molecule has 0 bridgehead atoms. The van der Waals surface area contributed by atoms with Gasteiger partial charge in [0.2, 0.25) is 5.91 Å². The molecule has 8 nitrogen and oxygen atoms in total. The summed E-state index contributed by atoms with van der Waals surface area (Å²) in [5.41, 5.74) is 0.0573. The predicted molar refractivity (Wildman–Crippen MR) is 106 cm³/mol. The molecule has 2 heterocycles. The van der Waals surface area contributed by atoms with Gasteiger partial charge in [-0.25, -0.2) is 9.18 Å². The summed E-state index contributed by atoms with van der Waals surface area (Å²) >= 11 is 0. The number of rotatable bonds is 5. The molecular weight excluding hydrogens is 379 g/mol. The van der Waals surface area contributed by atoms with E-state index >= 15 is 0 Å². The normalized spacial score (nSPS) is 24.9. The van der Waals surface area contributed by atoms with E-state index in [1.807, 2.05) is 11.9 Å². The summed E-state index contributed by atoms with van der Waals surface area (Å²) in [4.78, 5) is 28.6. The molecule has 0 aromatic heterocycles. The van der Waals surface area contributed by atoms with Crippen LogP contribution in [0.25, 0.3) is 0 Å². The minimum atomic E-state index is -0.698. The van der Waals surface area contributed by atoms with Gasteiger partial charge in [0.05, 0.1) is 30.9 Å². The average Bonchev–Trinajstić information content (AvgIpc) is 2.71. The molecule has 3 amide bonds. The lowest BCUT2D eigenvalue weighted by Crippen LogP contribution is -2.51. The number of carbonyl (C=O) groups excluding carboxylic acids is 2. The standard InChI is InChI=1S/C20H27FN4O4/c1-24-8-10-25(11-9-24)19(27)12-14-6-7-17(18(13-26)29-14)23-20(28)22-16-5-3-2-4-15(16)21/h2-7,14,17-18,26H,8-13H2,1H3,(H2,22,23,28)/t14-,17-,18+/m0/s1. The molecule has 0 unspecified atom stereocenters. The van der Waals surface area contributed by atoms with Gasteiger partial charge in [-0.15, -0.1) is 0 Å². The van der Waals surface area contributed by atoms with Crippen LogP contribution in [0.5, 0.6) is 0 Å². The van der Waals surface area contributed by atoms with Crippen molar-refractivity contribution in [3.05, 3.63) is 42.2 Å². The van der Waals surface area contributed by atoms with Gasteiger partial charge >= 0.3 is 6.03 Å². The number of aliphatic hydroxyl groups excluding tert-OH is 1. The molecule has 29 heavy (non-hydrogen) atoms. The summed E-state index contributed by atoms with van der Waals surface area (Å²) in [6.07, 6.45) is 2.44. The van der Waals surface area contributed by atoms with Gasteiger partial charge in [-0.3, -0.25) is 4.79 Å². The highest BCUT2D eigenvalue weighted by atomic mass is 19.1. The minimum absolute atomic E-state index is 0.00754. The smallest absolute Gasteiger partial charge is 0.319 e. The fourth-order valence-corrected chi connectivity index (χ4v) is 3.37. The second-order valence-electron chi connectivity index (χ2n) is 7.27. The van der Waals surface area contributed by atoms with Crippen LogP contribution in [0.1, 0.15) is 6.42 Å². The van der Waals surface area contributed by atoms with Crippen LogP contribution in [-0.2, 0) is 9.53 Å². The Hall–Kier alpha value is -2.49. The molecule has 2 aliphatic heterocycles. The number of urea groups is 1. The summed E-state index contributed by atoms with van der Waals surface area (Å²) in [5.74, 6) is -0.535. The molecule has 1 aromatic carbocycles. The van der Waals surface area contributed by atoms with Crippen molar-refractivity contribution in [3.63, 3.8) is 0 Å². The molecule has 9 heteroatoms. The van der Waals surface area contributed by atoms with Crippen LogP contribution in [0.3, 0.4) is 0 Å². The highest BCUT2D eigenvalue weighted by Crippen LogP contribution is 2.18. The number of amides is 3. The number of anilines is 1. The van der Waals surface area contributed by atoms with E-state index in [1.165, 1.54) is 18.2 Å². The Morgan fingerprint density at radius 2 is 1.93 bits per heavy atom. The van der Waals surface area contributed by atoms with Crippen LogP contribution in [0, 0.1) is 5.82 Å². The van der Waals surface area contributed by atoms with Crippen molar-refractivity contribution in [2.75, 3.05) is 45.2 Å². The first kappa shape index (κ1) is 21.2. The lowest BCUT2D eigenvalue weighted by Gasteiger charge is -2.35. The van der Waals surface area contributed by atoms with Crippen molar-refractivity contribution in [1.82, 2.24) is 15.1 Å². The highest BCUT2D eigenvalue weighted by Gasteiger charge is 2.30. The first-order chi connectivity index (χ1) is 14.0. The summed E-state index contributed by atoms with van der Waals surface area (Å²) in [6.45, 7) is 2.74. The third-order valence-electron chi connectivity index (χ3n) is 5.11. The van der Waals surface area contributed by atoms with E-state index in [4.69, 9.17) is 4.74 Å². The SMILES string of the molecule is CN1CCN(C(=O)C[C@@H]2C=C[C@H](NC(=O)Nc3ccccc3F)[C@@H](CO)O2)CC1.